The summed E-state index contributed by atoms with van der Waals surface area (Å²) in [4.78, 5) is 3.68. The maximum Gasteiger partial charge on any atom is 0.180 e. The summed E-state index contributed by atoms with van der Waals surface area (Å²) in [6.07, 6.45) is 2.79. The maximum absolute atomic E-state index is 5.22. The van der Waals surface area contributed by atoms with Crippen molar-refractivity contribution in [2.24, 2.45) is 0 Å². The number of aromatic nitrogens is 1. The van der Waals surface area contributed by atoms with Crippen LogP contribution in [0.25, 0.3) is 0 Å². The Labute approximate surface area is 46.1 Å². The van der Waals surface area contributed by atoms with E-state index in [9.17, 15) is 0 Å². The summed E-state index contributed by atoms with van der Waals surface area (Å²) in [5.41, 5.74) is 0.654. The van der Waals surface area contributed by atoms with Crippen LogP contribution in [0.2, 0.25) is 0 Å². The Bertz CT molecular complexity index is 126. The van der Waals surface area contributed by atoms with Crippen molar-refractivity contribution in [3.8, 4) is 0 Å². The number of hydrogen-bond donors (Lipinski definition) is 0. The number of hydrogen-bond acceptors (Lipinski definition) is 2. The van der Waals surface area contributed by atoms with E-state index >= 15 is 0 Å². The first-order valence-corrected chi connectivity index (χ1v) is 2.19. The van der Waals surface area contributed by atoms with Crippen LogP contribution >= 0.6 is 11.6 Å². The van der Waals surface area contributed by atoms with Gasteiger partial charge in [-0.25, -0.2) is 4.98 Å². The Morgan fingerprint density at radius 1 is 1.86 bits per heavy atom. The van der Waals surface area contributed by atoms with E-state index in [0.29, 0.717) is 5.69 Å². The van der Waals surface area contributed by atoms with Crippen LogP contribution in [0.3, 0.4) is 0 Å². The van der Waals surface area contributed by atoms with E-state index in [1.807, 2.05) is 0 Å². The predicted octanol–water partition coefficient (Wildman–Crippen LogP) is 1.42. The molecule has 1 heterocycles. The van der Waals surface area contributed by atoms with Crippen molar-refractivity contribution >= 4 is 11.6 Å². The van der Waals surface area contributed by atoms with Gasteiger partial charge < -0.3 is 4.42 Å². The molecule has 0 amide bonds. The molecule has 0 bridgehead atoms. The van der Waals surface area contributed by atoms with Gasteiger partial charge in [0.05, 0.1) is 5.69 Å². The third-order valence-corrected chi connectivity index (χ3v) is 0.787. The first-order valence-electron chi connectivity index (χ1n) is 1.75. The van der Waals surface area contributed by atoms with Gasteiger partial charge in [0, 0.05) is 0 Å². The molecule has 1 aromatic rings. The van der Waals surface area contributed by atoms with Gasteiger partial charge in [0.25, 0.3) is 0 Å². The van der Waals surface area contributed by atoms with Gasteiger partial charge in [-0.1, -0.05) is 0 Å². The highest BCUT2D eigenvalue weighted by Crippen LogP contribution is 1.99. The Morgan fingerprint density at radius 3 is 3.00 bits per heavy atom. The quantitative estimate of drug-likeness (QED) is 0.555. The van der Waals surface area contributed by atoms with Crippen LogP contribution in [-0.4, -0.2) is 4.98 Å². The van der Waals surface area contributed by atoms with E-state index in [4.69, 9.17) is 11.6 Å². The van der Waals surface area contributed by atoms with E-state index in [0.717, 1.165) is 0 Å². The molecule has 0 aromatic carbocycles. The lowest BCUT2D eigenvalue weighted by Gasteiger charge is -1.71. The maximum atomic E-state index is 5.22. The highest BCUT2D eigenvalue weighted by atomic mass is 35.5. The zero-order chi connectivity index (χ0) is 5.11. The number of halogens is 1. The first kappa shape index (κ1) is 4.65. The largest absolute Gasteiger partial charge is 0.451 e. The molecule has 1 radical (unpaired) electrons. The zero-order valence-electron chi connectivity index (χ0n) is 3.47. The average molecular weight is 117 g/mol. The highest BCUT2D eigenvalue weighted by Gasteiger charge is 1.88. The molecule has 0 atom stereocenters. The summed E-state index contributed by atoms with van der Waals surface area (Å²) in [6.45, 7) is 0. The fourth-order valence-corrected chi connectivity index (χ4v) is 0.384. The second-order valence-electron chi connectivity index (χ2n) is 1.02. The van der Waals surface area contributed by atoms with Crippen LogP contribution in [0.15, 0.2) is 17.1 Å². The predicted molar refractivity (Wildman–Crippen MR) is 25.8 cm³/mol. The van der Waals surface area contributed by atoms with Crippen molar-refractivity contribution in [3.63, 3.8) is 0 Å². The molecule has 37 valence electrons. The molecular formula is C4H3ClNO. The zero-order valence-corrected chi connectivity index (χ0v) is 4.22. The van der Waals surface area contributed by atoms with Crippen molar-refractivity contribution in [1.29, 1.82) is 0 Å². The summed E-state index contributed by atoms with van der Waals surface area (Å²) in [5.74, 6) is 1.35. The molecule has 7 heavy (non-hydrogen) atoms. The SMILES string of the molecule is Cl[CH]c1cocn1. The standard InChI is InChI=1S/C4H3ClNO/c5-1-4-2-7-3-6-4/h1-3H. The summed E-state index contributed by atoms with van der Waals surface area (Å²) < 4.78 is 4.58. The Hall–Kier alpha value is -0.500. The summed E-state index contributed by atoms with van der Waals surface area (Å²) in [6, 6.07) is 0. The van der Waals surface area contributed by atoms with Gasteiger partial charge in [0.1, 0.15) is 12.1 Å². The monoisotopic (exact) mass is 116 g/mol. The molecule has 2 nitrogen and oxygen atoms in total. The molecule has 1 rings (SSSR count). The van der Waals surface area contributed by atoms with Gasteiger partial charge >= 0.3 is 0 Å². The molecule has 0 aliphatic carbocycles. The van der Waals surface area contributed by atoms with E-state index in [-0.39, 0.29) is 0 Å². The molecular weight excluding hydrogens is 114 g/mol. The lowest BCUT2D eigenvalue weighted by atomic mass is 10.6. The number of oxazole rings is 1. The van der Waals surface area contributed by atoms with Crippen LogP contribution in [-0.2, 0) is 0 Å². The van der Waals surface area contributed by atoms with E-state index in [1.165, 1.54) is 18.5 Å². The number of nitrogens with zero attached hydrogens (tertiary/aromatic N) is 1. The third kappa shape index (κ3) is 0.933. The highest BCUT2D eigenvalue weighted by molar-refractivity contribution is 6.24. The average Bonchev–Trinajstić information content (AvgIpc) is 2.14. The van der Waals surface area contributed by atoms with Gasteiger partial charge in [-0.15, -0.1) is 11.6 Å². The Morgan fingerprint density at radius 2 is 2.71 bits per heavy atom. The van der Waals surface area contributed by atoms with Gasteiger partial charge in [-0.3, -0.25) is 0 Å². The molecule has 0 unspecified atom stereocenters. The minimum atomic E-state index is 0.654. The van der Waals surface area contributed by atoms with Gasteiger partial charge in [-0.05, 0) is 0 Å². The van der Waals surface area contributed by atoms with Crippen LogP contribution in [0.4, 0.5) is 0 Å². The van der Waals surface area contributed by atoms with E-state index < -0.39 is 0 Å². The Balaban J connectivity index is 2.76. The van der Waals surface area contributed by atoms with Crippen molar-refractivity contribution in [1.82, 2.24) is 4.98 Å². The van der Waals surface area contributed by atoms with Crippen molar-refractivity contribution < 1.29 is 4.42 Å². The fraction of sp³-hybridized carbons (Fsp3) is 0. The molecule has 0 aliphatic heterocycles. The number of rotatable bonds is 1. The van der Waals surface area contributed by atoms with Crippen molar-refractivity contribution in [3.05, 3.63) is 24.2 Å². The lowest BCUT2D eigenvalue weighted by molar-refractivity contribution is 0.557. The van der Waals surface area contributed by atoms with Gasteiger partial charge in [0.15, 0.2) is 6.39 Å². The second kappa shape index (κ2) is 1.98. The third-order valence-electron chi connectivity index (χ3n) is 0.563. The summed E-state index contributed by atoms with van der Waals surface area (Å²) in [5, 5.41) is 0. The fourth-order valence-electron chi connectivity index (χ4n) is 0.276. The van der Waals surface area contributed by atoms with E-state index in [2.05, 4.69) is 9.40 Å². The first-order chi connectivity index (χ1) is 3.43. The van der Waals surface area contributed by atoms with Crippen molar-refractivity contribution in [2.45, 2.75) is 0 Å². The molecule has 0 saturated heterocycles. The molecule has 0 spiro atoms. The summed E-state index contributed by atoms with van der Waals surface area (Å²) in [7, 11) is 0. The van der Waals surface area contributed by atoms with Crippen molar-refractivity contribution in [2.75, 3.05) is 0 Å². The minimum Gasteiger partial charge on any atom is -0.451 e. The van der Waals surface area contributed by atoms with E-state index in [1.54, 1.807) is 0 Å². The molecule has 0 aliphatic rings. The van der Waals surface area contributed by atoms with Crippen LogP contribution in [0, 0.1) is 5.88 Å². The lowest BCUT2D eigenvalue weighted by Crippen LogP contribution is -1.67. The van der Waals surface area contributed by atoms with Gasteiger partial charge in [0.2, 0.25) is 0 Å². The second-order valence-corrected chi connectivity index (χ2v) is 1.24. The van der Waals surface area contributed by atoms with Crippen LogP contribution in [0.1, 0.15) is 5.69 Å². The van der Waals surface area contributed by atoms with Crippen LogP contribution < -0.4 is 0 Å². The van der Waals surface area contributed by atoms with Gasteiger partial charge in [-0.2, -0.15) is 0 Å². The molecule has 0 N–H and O–H groups in total. The molecule has 0 saturated carbocycles. The molecule has 0 fully saturated rings. The minimum absolute atomic E-state index is 0.654. The smallest absolute Gasteiger partial charge is 0.180 e. The normalized spacial score (nSPS) is 9.29. The van der Waals surface area contributed by atoms with Crippen LogP contribution in [0.5, 0.6) is 0 Å². The Kier molecular flexibility index (Phi) is 1.32. The summed E-state index contributed by atoms with van der Waals surface area (Å²) >= 11 is 5.22. The molecule has 1 aromatic heterocycles. The topological polar surface area (TPSA) is 26.0 Å². The molecule has 3 heteroatoms.